The Bertz CT molecular complexity index is 357. The molecule has 0 spiro atoms. The first-order chi connectivity index (χ1) is 7.81. The first-order valence-electron chi connectivity index (χ1n) is 5.59. The van der Waals surface area contributed by atoms with Crippen LogP contribution in [0.15, 0.2) is 18.3 Å². The van der Waals surface area contributed by atoms with Crippen molar-refractivity contribution in [3.63, 3.8) is 0 Å². The lowest BCUT2D eigenvalue weighted by Crippen LogP contribution is -2.19. The van der Waals surface area contributed by atoms with E-state index in [0.717, 1.165) is 18.0 Å². The van der Waals surface area contributed by atoms with Crippen molar-refractivity contribution < 1.29 is 4.74 Å². The molecule has 0 amide bonds. The van der Waals surface area contributed by atoms with Gasteiger partial charge >= 0.3 is 0 Å². The van der Waals surface area contributed by atoms with E-state index in [9.17, 15) is 0 Å². The van der Waals surface area contributed by atoms with Crippen LogP contribution in [-0.4, -0.2) is 17.6 Å². The predicted molar refractivity (Wildman–Crippen MR) is 66.6 cm³/mol. The molecule has 3 nitrogen and oxygen atoms in total. The fourth-order valence-corrected chi connectivity index (χ4v) is 1.40. The highest BCUT2D eigenvalue weighted by atomic mass is 16.5. The van der Waals surface area contributed by atoms with E-state index in [1.54, 1.807) is 6.20 Å². The maximum atomic E-state index is 5.48. The molecule has 0 fully saturated rings. The SMILES string of the molecule is C#CCC(CC)Nc1ncccc1OCC. The third-order valence-corrected chi connectivity index (χ3v) is 2.27. The van der Waals surface area contributed by atoms with Crippen LogP contribution in [0.3, 0.4) is 0 Å². The van der Waals surface area contributed by atoms with Crippen molar-refractivity contribution in [2.75, 3.05) is 11.9 Å². The second kappa shape index (κ2) is 6.73. The molecule has 1 unspecified atom stereocenters. The number of aromatic nitrogens is 1. The Morgan fingerprint density at radius 1 is 1.56 bits per heavy atom. The second-order valence-electron chi connectivity index (χ2n) is 3.44. The third-order valence-electron chi connectivity index (χ3n) is 2.27. The molecule has 0 aliphatic carbocycles. The molecule has 1 heterocycles. The van der Waals surface area contributed by atoms with Crippen LogP contribution in [-0.2, 0) is 0 Å². The van der Waals surface area contributed by atoms with Gasteiger partial charge in [-0.2, -0.15) is 0 Å². The van der Waals surface area contributed by atoms with Crippen molar-refractivity contribution in [3.8, 4) is 18.1 Å². The van der Waals surface area contributed by atoms with Crippen LogP contribution in [0.1, 0.15) is 26.7 Å². The monoisotopic (exact) mass is 218 g/mol. The smallest absolute Gasteiger partial charge is 0.168 e. The van der Waals surface area contributed by atoms with Gasteiger partial charge in [0.2, 0.25) is 0 Å². The van der Waals surface area contributed by atoms with Crippen molar-refractivity contribution >= 4 is 5.82 Å². The molecule has 16 heavy (non-hydrogen) atoms. The normalized spacial score (nSPS) is 11.6. The zero-order valence-electron chi connectivity index (χ0n) is 9.86. The molecule has 0 bridgehead atoms. The van der Waals surface area contributed by atoms with E-state index in [2.05, 4.69) is 23.1 Å². The molecule has 0 aliphatic rings. The third kappa shape index (κ3) is 3.47. The van der Waals surface area contributed by atoms with Crippen LogP contribution >= 0.6 is 0 Å². The summed E-state index contributed by atoms with van der Waals surface area (Å²) in [7, 11) is 0. The van der Waals surface area contributed by atoms with Crippen LogP contribution in [0, 0.1) is 12.3 Å². The molecule has 1 N–H and O–H groups in total. The van der Waals surface area contributed by atoms with Gasteiger partial charge in [0.1, 0.15) is 0 Å². The Balaban J connectivity index is 2.74. The van der Waals surface area contributed by atoms with Crippen LogP contribution < -0.4 is 10.1 Å². The van der Waals surface area contributed by atoms with E-state index in [1.165, 1.54) is 0 Å². The zero-order chi connectivity index (χ0) is 11.8. The average molecular weight is 218 g/mol. The molecule has 86 valence electrons. The predicted octanol–water partition coefficient (Wildman–Crippen LogP) is 2.69. The van der Waals surface area contributed by atoms with Gasteiger partial charge in [-0.15, -0.1) is 12.3 Å². The van der Waals surface area contributed by atoms with Gasteiger partial charge in [0, 0.05) is 18.7 Å². The van der Waals surface area contributed by atoms with Crippen LogP contribution in [0.25, 0.3) is 0 Å². The first kappa shape index (κ1) is 12.4. The Kier molecular flexibility index (Phi) is 5.21. The lowest BCUT2D eigenvalue weighted by Gasteiger charge is -2.17. The summed E-state index contributed by atoms with van der Waals surface area (Å²) < 4.78 is 5.48. The zero-order valence-corrected chi connectivity index (χ0v) is 9.86. The standard InChI is InChI=1S/C13H18N2O/c1-4-8-11(5-2)15-13-12(16-6-3)9-7-10-14-13/h1,7,9-11H,5-6,8H2,2-3H3,(H,14,15). The van der Waals surface area contributed by atoms with Crippen LogP contribution in [0.4, 0.5) is 5.82 Å². The molecule has 0 aliphatic heterocycles. The van der Waals surface area contributed by atoms with E-state index in [4.69, 9.17) is 11.2 Å². The number of hydrogen-bond acceptors (Lipinski definition) is 3. The molecule has 1 aromatic rings. The molecule has 0 saturated carbocycles. The number of rotatable bonds is 6. The highest BCUT2D eigenvalue weighted by Gasteiger charge is 2.09. The van der Waals surface area contributed by atoms with Crippen molar-refractivity contribution in [2.24, 2.45) is 0 Å². The van der Waals surface area contributed by atoms with E-state index in [0.29, 0.717) is 13.0 Å². The maximum absolute atomic E-state index is 5.48. The number of terminal acetylenes is 1. The van der Waals surface area contributed by atoms with Crippen molar-refractivity contribution in [1.29, 1.82) is 0 Å². The van der Waals surface area contributed by atoms with E-state index in [1.807, 2.05) is 19.1 Å². The molecule has 0 radical (unpaired) electrons. The maximum Gasteiger partial charge on any atom is 0.168 e. The number of anilines is 1. The summed E-state index contributed by atoms with van der Waals surface area (Å²) in [4.78, 5) is 4.26. The summed E-state index contributed by atoms with van der Waals surface area (Å²) in [6.07, 6.45) is 8.71. The summed E-state index contributed by atoms with van der Waals surface area (Å²) in [6, 6.07) is 4.01. The van der Waals surface area contributed by atoms with Gasteiger partial charge in [0.25, 0.3) is 0 Å². The van der Waals surface area contributed by atoms with Crippen LogP contribution in [0.2, 0.25) is 0 Å². The fourth-order valence-electron chi connectivity index (χ4n) is 1.40. The minimum atomic E-state index is 0.249. The molecule has 1 atom stereocenters. The van der Waals surface area contributed by atoms with Gasteiger partial charge in [0.05, 0.1) is 6.61 Å². The largest absolute Gasteiger partial charge is 0.490 e. The summed E-state index contributed by atoms with van der Waals surface area (Å²) in [6.45, 7) is 4.68. The summed E-state index contributed by atoms with van der Waals surface area (Å²) >= 11 is 0. The Morgan fingerprint density at radius 3 is 3.00 bits per heavy atom. The lowest BCUT2D eigenvalue weighted by atomic mass is 10.1. The number of hydrogen-bond donors (Lipinski definition) is 1. The Morgan fingerprint density at radius 2 is 2.38 bits per heavy atom. The van der Waals surface area contributed by atoms with E-state index < -0.39 is 0 Å². The second-order valence-corrected chi connectivity index (χ2v) is 3.44. The molecule has 3 heteroatoms. The molecular formula is C13H18N2O. The quantitative estimate of drug-likeness (QED) is 0.745. The number of ether oxygens (including phenoxy) is 1. The molecule has 1 aromatic heterocycles. The van der Waals surface area contributed by atoms with Crippen molar-refractivity contribution in [2.45, 2.75) is 32.7 Å². The molecule has 0 saturated heterocycles. The minimum absolute atomic E-state index is 0.249. The highest BCUT2D eigenvalue weighted by Crippen LogP contribution is 2.22. The van der Waals surface area contributed by atoms with Crippen molar-refractivity contribution in [1.82, 2.24) is 4.98 Å². The van der Waals surface area contributed by atoms with Crippen molar-refractivity contribution in [3.05, 3.63) is 18.3 Å². The van der Waals surface area contributed by atoms with Gasteiger partial charge in [-0.05, 0) is 25.5 Å². The van der Waals surface area contributed by atoms with Gasteiger partial charge in [-0.25, -0.2) is 4.98 Å². The Labute approximate surface area is 97.2 Å². The number of nitrogens with one attached hydrogen (secondary N) is 1. The number of pyridine rings is 1. The first-order valence-corrected chi connectivity index (χ1v) is 5.59. The highest BCUT2D eigenvalue weighted by molar-refractivity contribution is 5.50. The molecular weight excluding hydrogens is 200 g/mol. The van der Waals surface area contributed by atoms with Gasteiger partial charge in [0.15, 0.2) is 11.6 Å². The van der Waals surface area contributed by atoms with Gasteiger partial charge in [-0.1, -0.05) is 6.92 Å². The van der Waals surface area contributed by atoms with Gasteiger partial charge in [-0.3, -0.25) is 0 Å². The minimum Gasteiger partial charge on any atom is -0.490 e. The topological polar surface area (TPSA) is 34.2 Å². The Hall–Kier alpha value is -1.69. The van der Waals surface area contributed by atoms with Gasteiger partial charge < -0.3 is 10.1 Å². The molecule has 0 aromatic carbocycles. The lowest BCUT2D eigenvalue weighted by molar-refractivity contribution is 0.340. The fraction of sp³-hybridized carbons (Fsp3) is 0.462. The van der Waals surface area contributed by atoms with E-state index >= 15 is 0 Å². The van der Waals surface area contributed by atoms with Crippen LogP contribution in [0.5, 0.6) is 5.75 Å². The summed E-state index contributed by atoms with van der Waals surface area (Å²) in [5.74, 6) is 4.21. The summed E-state index contributed by atoms with van der Waals surface area (Å²) in [5, 5.41) is 3.30. The van der Waals surface area contributed by atoms with E-state index in [-0.39, 0.29) is 6.04 Å². The average Bonchev–Trinajstić information content (AvgIpc) is 2.31. The number of nitrogens with zero attached hydrogens (tertiary/aromatic N) is 1. The summed E-state index contributed by atoms with van der Waals surface area (Å²) in [5.41, 5.74) is 0. The molecule has 1 rings (SSSR count).